The van der Waals surface area contributed by atoms with Gasteiger partial charge in [0.2, 0.25) is 5.95 Å². The number of ether oxygens (including phenoxy) is 2. The lowest BCUT2D eigenvalue weighted by Crippen LogP contribution is -2.44. The molecule has 9 nitrogen and oxygen atoms in total. The summed E-state index contributed by atoms with van der Waals surface area (Å²) in [6.45, 7) is 5.64. The first-order valence-electron chi connectivity index (χ1n) is 11.4. The average Bonchev–Trinajstić information content (AvgIpc) is 3.43. The summed E-state index contributed by atoms with van der Waals surface area (Å²) >= 11 is 0. The summed E-state index contributed by atoms with van der Waals surface area (Å²) in [5.41, 5.74) is 5.13. The van der Waals surface area contributed by atoms with Gasteiger partial charge >= 0.3 is 0 Å². The standard InChI is InChI=1S/C25H27N7O2/c1-16-19(12-28-31(16)2)17-4-5-20(21(10-17)33-3)29-24-27-11-18-6-8-26-23(22(18)30-24)32-9-7-25(13-32)14-34-15-25/h4-6,8,10-12H,7,9,13-15H2,1-3H3,(H,27,29,30). The van der Waals surface area contributed by atoms with E-state index in [1.807, 2.05) is 54.6 Å². The molecule has 0 bridgehead atoms. The molecule has 0 saturated carbocycles. The fourth-order valence-electron chi connectivity index (χ4n) is 4.84. The van der Waals surface area contributed by atoms with Crippen molar-refractivity contribution in [1.29, 1.82) is 0 Å². The van der Waals surface area contributed by atoms with Crippen molar-refractivity contribution in [2.75, 3.05) is 43.6 Å². The van der Waals surface area contributed by atoms with Gasteiger partial charge in [0.25, 0.3) is 0 Å². The van der Waals surface area contributed by atoms with Gasteiger partial charge in [-0.2, -0.15) is 5.10 Å². The summed E-state index contributed by atoms with van der Waals surface area (Å²) in [4.78, 5) is 16.4. The number of hydrogen-bond acceptors (Lipinski definition) is 8. The molecular formula is C25H27N7O2. The SMILES string of the molecule is COc1cc(-c2cnn(C)c2C)ccc1Nc1ncc2ccnc(N3CCC4(COC4)C3)c2n1. The van der Waals surface area contributed by atoms with E-state index < -0.39 is 0 Å². The molecule has 0 radical (unpaired) electrons. The van der Waals surface area contributed by atoms with Crippen molar-refractivity contribution in [2.45, 2.75) is 13.3 Å². The van der Waals surface area contributed by atoms with E-state index in [-0.39, 0.29) is 5.41 Å². The van der Waals surface area contributed by atoms with E-state index >= 15 is 0 Å². The third-order valence-electron chi connectivity index (χ3n) is 7.03. The van der Waals surface area contributed by atoms with Crippen molar-refractivity contribution in [1.82, 2.24) is 24.7 Å². The molecular weight excluding hydrogens is 430 g/mol. The third-order valence-corrected chi connectivity index (χ3v) is 7.03. The number of methoxy groups -OCH3 is 1. The van der Waals surface area contributed by atoms with Gasteiger partial charge in [-0.05, 0) is 37.1 Å². The van der Waals surface area contributed by atoms with Crippen LogP contribution in [-0.2, 0) is 11.8 Å². The van der Waals surface area contributed by atoms with E-state index in [1.165, 1.54) is 0 Å². The molecule has 2 fully saturated rings. The summed E-state index contributed by atoms with van der Waals surface area (Å²) in [5, 5.41) is 8.65. The lowest BCUT2D eigenvalue weighted by Gasteiger charge is -2.37. The molecule has 1 spiro atoms. The van der Waals surface area contributed by atoms with Crippen LogP contribution in [0.2, 0.25) is 0 Å². The maximum Gasteiger partial charge on any atom is 0.227 e. The van der Waals surface area contributed by atoms with Crippen molar-refractivity contribution in [2.24, 2.45) is 12.5 Å². The van der Waals surface area contributed by atoms with Crippen LogP contribution >= 0.6 is 0 Å². The van der Waals surface area contributed by atoms with Crippen molar-refractivity contribution < 1.29 is 9.47 Å². The monoisotopic (exact) mass is 457 g/mol. The Morgan fingerprint density at radius 1 is 1.15 bits per heavy atom. The van der Waals surface area contributed by atoms with Gasteiger partial charge in [0.1, 0.15) is 11.3 Å². The Hall–Kier alpha value is -3.72. The van der Waals surface area contributed by atoms with E-state index in [1.54, 1.807) is 7.11 Å². The molecule has 5 heterocycles. The Labute approximate surface area is 197 Å². The summed E-state index contributed by atoms with van der Waals surface area (Å²) in [6, 6.07) is 7.99. The van der Waals surface area contributed by atoms with Gasteiger partial charge in [-0.3, -0.25) is 4.68 Å². The number of aromatic nitrogens is 5. The van der Waals surface area contributed by atoms with Crippen LogP contribution in [0.5, 0.6) is 5.75 Å². The third kappa shape index (κ3) is 3.43. The van der Waals surface area contributed by atoms with E-state index in [9.17, 15) is 0 Å². The highest BCUT2D eigenvalue weighted by Gasteiger charge is 2.45. The minimum atomic E-state index is 0.277. The number of aryl methyl sites for hydroxylation is 1. The van der Waals surface area contributed by atoms with Gasteiger partial charge < -0.3 is 19.7 Å². The highest BCUT2D eigenvalue weighted by atomic mass is 16.5. The minimum Gasteiger partial charge on any atom is -0.495 e. The maximum atomic E-state index is 5.68. The van der Waals surface area contributed by atoms with Crippen LogP contribution in [0.4, 0.5) is 17.5 Å². The molecule has 34 heavy (non-hydrogen) atoms. The lowest BCUT2D eigenvalue weighted by molar-refractivity contribution is -0.0985. The predicted molar refractivity (Wildman–Crippen MR) is 131 cm³/mol. The molecule has 2 aliphatic rings. The van der Waals surface area contributed by atoms with Crippen molar-refractivity contribution >= 4 is 28.4 Å². The average molecular weight is 458 g/mol. The van der Waals surface area contributed by atoms with Crippen LogP contribution in [0.25, 0.3) is 22.0 Å². The molecule has 4 aromatic rings. The predicted octanol–water partition coefficient (Wildman–Crippen LogP) is 3.71. The van der Waals surface area contributed by atoms with E-state index in [4.69, 9.17) is 14.5 Å². The Kier molecular flexibility index (Phi) is 4.88. The van der Waals surface area contributed by atoms with Crippen LogP contribution in [0.3, 0.4) is 0 Å². The number of anilines is 3. The smallest absolute Gasteiger partial charge is 0.227 e. The summed E-state index contributed by atoms with van der Waals surface area (Å²) in [7, 11) is 3.60. The van der Waals surface area contributed by atoms with Gasteiger partial charge in [-0.15, -0.1) is 0 Å². The zero-order valence-corrected chi connectivity index (χ0v) is 19.6. The Balaban J connectivity index is 1.31. The van der Waals surface area contributed by atoms with Crippen molar-refractivity contribution in [3.63, 3.8) is 0 Å². The topological polar surface area (TPSA) is 90.2 Å². The Morgan fingerprint density at radius 3 is 2.74 bits per heavy atom. The minimum absolute atomic E-state index is 0.277. The zero-order chi connectivity index (χ0) is 23.3. The maximum absolute atomic E-state index is 5.68. The molecule has 2 saturated heterocycles. The zero-order valence-electron chi connectivity index (χ0n) is 19.6. The number of nitrogens with one attached hydrogen (secondary N) is 1. The number of hydrogen-bond donors (Lipinski definition) is 1. The summed E-state index contributed by atoms with van der Waals surface area (Å²) in [6.07, 6.45) is 6.67. The molecule has 6 rings (SSSR count). The van der Waals surface area contributed by atoms with Gasteiger partial charge in [0.05, 0.1) is 32.2 Å². The molecule has 3 aromatic heterocycles. The molecule has 0 amide bonds. The summed E-state index contributed by atoms with van der Waals surface area (Å²) < 4.78 is 13.0. The first kappa shape index (κ1) is 20.9. The van der Waals surface area contributed by atoms with Gasteiger partial charge in [-0.25, -0.2) is 15.0 Å². The number of nitrogens with zero attached hydrogens (tertiary/aromatic N) is 6. The molecule has 2 aliphatic heterocycles. The number of rotatable bonds is 5. The van der Waals surface area contributed by atoms with E-state index in [2.05, 4.69) is 32.2 Å². The van der Waals surface area contributed by atoms with Crippen molar-refractivity contribution in [3.8, 4) is 16.9 Å². The highest BCUT2D eigenvalue weighted by molar-refractivity contribution is 5.89. The normalized spacial score (nSPS) is 16.7. The molecule has 174 valence electrons. The molecule has 1 N–H and O–H groups in total. The van der Waals surface area contributed by atoms with Gasteiger partial charge in [-0.1, -0.05) is 6.07 Å². The van der Waals surface area contributed by atoms with Crippen LogP contribution in [0.15, 0.2) is 42.9 Å². The largest absolute Gasteiger partial charge is 0.495 e. The lowest BCUT2D eigenvalue weighted by atomic mass is 9.85. The summed E-state index contributed by atoms with van der Waals surface area (Å²) in [5.74, 6) is 2.12. The number of fused-ring (bicyclic) bond motifs is 1. The highest BCUT2D eigenvalue weighted by Crippen LogP contribution is 2.40. The quantitative estimate of drug-likeness (QED) is 0.485. The van der Waals surface area contributed by atoms with Crippen LogP contribution in [-0.4, -0.2) is 58.1 Å². The fourth-order valence-corrected chi connectivity index (χ4v) is 4.84. The first-order valence-corrected chi connectivity index (χ1v) is 11.4. The molecule has 9 heteroatoms. The fraction of sp³-hybridized carbons (Fsp3) is 0.360. The molecule has 1 aromatic carbocycles. The molecule has 0 unspecified atom stereocenters. The van der Waals surface area contributed by atoms with Crippen LogP contribution in [0, 0.1) is 12.3 Å². The van der Waals surface area contributed by atoms with Crippen LogP contribution < -0.4 is 15.0 Å². The molecule has 0 aliphatic carbocycles. The van der Waals surface area contributed by atoms with E-state index in [0.29, 0.717) is 11.7 Å². The van der Waals surface area contributed by atoms with Gasteiger partial charge in [0.15, 0.2) is 5.82 Å². The second-order valence-electron chi connectivity index (χ2n) is 9.24. The van der Waals surface area contributed by atoms with Crippen molar-refractivity contribution in [3.05, 3.63) is 48.5 Å². The Bertz CT molecular complexity index is 1380. The Morgan fingerprint density at radius 2 is 2.03 bits per heavy atom. The number of benzene rings is 1. The molecule has 0 atom stereocenters. The van der Waals surface area contributed by atoms with Gasteiger partial charge in [0, 0.05) is 54.6 Å². The van der Waals surface area contributed by atoms with Crippen LogP contribution in [0.1, 0.15) is 12.1 Å². The first-order chi connectivity index (χ1) is 16.5. The number of pyridine rings is 1. The second kappa shape index (κ2) is 7.95. The second-order valence-corrected chi connectivity index (χ2v) is 9.24. The van der Waals surface area contributed by atoms with E-state index in [0.717, 1.165) is 72.0 Å².